The van der Waals surface area contributed by atoms with Crippen molar-refractivity contribution in [3.8, 4) is 0 Å². The first-order chi connectivity index (χ1) is 8.58. The smallest absolute Gasteiger partial charge is 0.0765 e. The van der Waals surface area contributed by atoms with E-state index in [4.69, 9.17) is 9.72 Å². The topological polar surface area (TPSA) is 38.2 Å². The van der Waals surface area contributed by atoms with E-state index >= 15 is 0 Å². The van der Waals surface area contributed by atoms with Crippen LogP contribution in [0.4, 0.5) is 0 Å². The number of nitrogens with zero attached hydrogens (tertiary/aromatic N) is 3. The van der Waals surface area contributed by atoms with E-state index in [0.717, 1.165) is 43.3 Å². The third kappa shape index (κ3) is 3.06. The second-order valence-corrected chi connectivity index (χ2v) is 5.58. The van der Waals surface area contributed by atoms with Gasteiger partial charge in [0.1, 0.15) is 0 Å². The van der Waals surface area contributed by atoms with E-state index in [2.05, 4.69) is 37.8 Å². The van der Waals surface area contributed by atoms with Crippen molar-refractivity contribution in [1.29, 1.82) is 0 Å². The van der Waals surface area contributed by atoms with Crippen molar-refractivity contribution in [2.24, 2.45) is 0 Å². The van der Waals surface area contributed by atoms with Crippen LogP contribution in [-0.4, -0.2) is 42.2 Å². The number of hydrogen-bond donors (Lipinski definition) is 0. The third-order valence-electron chi connectivity index (χ3n) is 3.27. The Hall–Kier alpha value is -1.00. The first-order valence-corrected chi connectivity index (χ1v) is 6.66. The molecule has 2 rings (SSSR count). The van der Waals surface area contributed by atoms with Crippen LogP contribution in [0.3, 0.4) is 0 Å². The molecule has 0 amide bonds. The molecule has 1 aromatic rings. The van der Waals surface area contributed by atoms with Crippen LogP contribution in [0.1, 0.15) is 49.2 Å². The highest BCUT2D eigenvalue weighted by atomic mass is 16.5. The summed E-state index contributed by atoms with van der Waals surface area (Å²) in [6, 6.07) is 0. The van der Waals surface area contributed by atoms with Gasteiger partial charge in [-0.2, -0.15) is 0 Å². The van der Waals surface area contributed by atoms with E-state index in [1.165, 1.54) is 0 Å². The zero-order valence-corrected chi connectivity index (χ0v) is 11.8. The maximum atomic E-state index is 5.47. The monoisotopic (exact) mass is 249 g/mol. The van der Waals surface area contributed by atoms with Crippen LogP contribution in [0.5, 0.6) is 0 Å². The van der Waals surface area contributed by atoms with E-state index in [1.54, 1.807) is 0 Å². The minimum Gasteiger partial charge on any atom is -0.381 e. The summed E-state index contributed by atoms with van der Waals surface area (Å²) >= 11 is 0. The van der Waals surface area contributed by atoms with E-state index in [-0.39, 0.29) is 0 Å². The Kier molecular flexibility index (Phi) is 4.30. The molecule has 0 radical (unpaired) electrons. The highest BCUT2D eigenvalue weighted by molar-refractivity contribution is 5.20. The fraction of sp³-hybridized carbons (Fsp3) is 0.714. The Morgan fingerprint density at radius 3 is 2.78 bits per heavy atom. The van der Waals surface area contributed by atoms with Gasteiger partial charge in [-0.15, -0.1) is 0 Å². The lowest BCUT2D eigenvalue weighted by molar-refractivity contribution is 0.193. The molecule has 0 aliphatic carbocycles. The second-order valence-electron chi connectivity index (χ2n) is 5.58. The quantitative estimate of drug-likeness (QED) is 0.819. The lowest BCUT2D eigenvalue weighted by atomic mass is 10.0. The van der Waals surface area contributed by atoms with Gasteiger partial charge in [0, 0.05) is 25.3 Å². The molecule has 1 fully saturated rings. The molecule has 18 heavy (non-hydrogen) atoms. The molecule has 0 bridgehead atoms. The third-order valence-corrected chi connectivity index (χ3v) is 3.27. The highest BCUT2D eigenvalue weighted by Crippen LogP contribution is 2.27. The van der Waals surface area contributed by atoms with Gasteiger partial charge in [0.25, 0.3) is 0 Å². The van der Waals surface area contributed by atoms with Crippen molar-refractivity contribution in [1.82, 2.24) is 14.9 Å². The summed E-state index contributed by atoms with van der Waals surface area (Å²) in [5.41, 5.74) is 3.32. The SMILES string of the molecule is CC(C)c1cnc([C@@H]2CCOC2)c(CN(C)C)n1. The first-order valence-electron chi connectivity index (χ1n) is 6.66. The summed E-state index contributed by atoms with van der Waals surface area (Å²) in [6.07, 6.45) is 2.99. The number of rotatable bonds is 4. The molecule has 1 atom stereocenters. The molecular formula is C14H23N3O. The van der Waals surface area contributed by atoms with Crippen LogP contribution in [0.25, 0.3) is 0 Å². The van der Waals surface area contributed by atoms with Crippen LogP contribution < -0.4 is 0 Å². The zero-order chi connectivity index (χ0) is 13.1. The minimum absolute atomic E-state index is 0.423. The summed E-state index contributed by atoms with van der Waals surface area (Å²) in [5, 5.41) is 0. The maximum absolute atomic E-state index is 5.47. The van der Waals surface area contributed by atoms with Gasteiger partial charge in [0.15, 0.2) is 0 Å². The van der Waals surface area contributed by atoms with Gasteiger partial charge in [-0.25, -0.2) is 0 Å². The average molecular weight is 249 g/mol. The number of aromatic nitrogens is 2. The van der Waals surface area contributed by atoms with E-state index in [1.807, 2.05) is 6.20 Å². The fourth-order valence-corrected chi connectivity index (χ4v) is 2.24. The molecule has 2 heterocycles. The molecule has 0 spiro atoms. The Labute approximate surface area is 109 Å². The number of hydrogen-bond acceptors (Lipinski definition) is 4. The first kappa shape index (κ1) is 13.4. The summed E-state index contributed by atoms with van der Waals surface area (Å²) in [5.74, 6) is 0.848. The van der Waals surface area contributed by atoms with E-state index in [0.29, 0.717) is 11.8 Å². The van der Waals surface area contributed by atoms with Gasteiger partial charge in [0.05, 0.1) is 23.7 Å². The largest absolute Gasteiger partial charge is 0.381 e. The van der Waals surface area contributed by atoms with Crippen LogP contribution in [0.2, 0.25) is 0 Å². The van der Waals surface area contributed by atoms with Crippen LogP contribution in [0.15, 0.2) is 6.20 Å². The molecule has 100 valence electrons. The lowest BCUT2D eigenvalue weighted by Crippen LogP contribution is -2.18. The Bertz CT molecular complexity index is 398. The molecule has 0 unspecified atom stereocenters. The molecule has 1 saturated heterocycles. The van der Waals surface area contributed by atoms with Gasteiger partial charge in [-0.3, -0.25) is 9.97 Å². The standard InChI is InChI=1S/C14H23N3O/c1-10(2)12-7-15-14(11-5-6-18-9-11)13(16-12)8-17(3)4/h7,10-11H,5-6,8-9H2,1-4H3/t11-/m1/s1. The molecule has 0 saturated carbocycles. The van der Waals surface area contributed by atoms with Crippen molar-refractivity contribution >= 4 is 0 Å². The zero-order valence-electron chi connectivity index (χ0n) is 11.8. The Morgan fingerprint density at radius 2 is 2.22 bits per heavy atom. The van der Waals surface area contributed by atoms with Gasteiger partial charge < -0.3 is 9.64 Å². The summed E-state index contributed by atoms with van der Waals surface area (Å²) in [7, 11) is 4.14. The second kappa shape index (κ2) is 5.76. The van der Waals surface area contributed by atoms with Crippen LogP contribution in [0, 0.1) is 0 Å². The molecule has 0 aromatic carbocycles. The van der Waals surface area contributed by atoms with Crippen molar-refractivity contribution in [3.63, 3.8) is 0 Å². The maximum Gasteiger partial charge on any atom is 0.0765 e. The van der Waals surface area contributed by atoms with Gasteiger partial charge in [0.2, 0.25) is 0 Å². The van der Waals surface area contributed by atoms with Crippen molar-refractivity contribution in [2.75, 3.05) is 27.3 Å². The minimum atomic E-state index is 0.423. The predicted molar refractivity (Wildman–Crippen MR) is 71.7 cm³/mol. The normalized spacial score (nSPS) is 20.0. The fourth-order valence-electron chi connectivity index (χ4n) is 2.24. The summed E-state index contributed by atoms with van der Waals surface area (Å²) < 4.78 is 5.47. The van der Waals surface area contributed by atoms with Crippen molar-refractivity contribution < 1.29 is 4.74 Å². The van der Waals surface area contributed by atoms with Gasteiger partial charge >= 0.3 is 0 Å². The molecule has 1 aliphatic heterocycles. The molecule has 1 aliphatic rings. The van der Waals surface area contributed by atoms with Crippen molar-refractivity contribution in [3.05, 3.63) is 23.3 Å². The van der Waals surface area contributed by atoms with E-state index < -0.39 is 0 Å². The van der Waals surface area contributed by atoms with E-state index in [9.17, 15) is 0 Å². The lowest BCUT2D eigenvalue weighted by Gasteiger charge is -2.17. The predicted octanol–water partition coefficient (Wildman–Crippen LogP) is 2.17. The van der Waals surface area contributed by atoms with Crippen LogP contribution >= 0.6 is 0 Å². The van der Waals surface area contributed by atoms with Gasteiger partial charge in [-0.05, 0) is 26.4 Å². The molecule has 0 N–H and O–H groups in total. The average Bonchev–Trinajstić information content (AvgIpc) is 2.81. The van der Waals surface area contributed by atoms with Crippen molar-refractivity contribution in [2.45, 2.75) is 38.6 Å². The van der Waals surface area contributed by atoms with Crippen LogP contribution in [-0.2, 0) is 11.3 Å². The Balaban J connectivity index is 2.31. The molecule has 4 nitrogen and oxygen atoms in total. The summed E-state index contributed by atoms with van der Waals surface area (Å²) in [6.45, 7) is 6.79. The molecule has 4 heteroatoms. The molecular weight excluding hydrogens is 226 g/mol. The van der Waals surface area contributed by atoms with Gasteiger partial charge in [-0.1, -0.05) is 13.8 Å². The Morgan fingerprint density at radius 1 is 1.44 bits per heavy atom. The summed E-state index contributed by atoms with van der Waals surface area (Å²) in [4.78, 5) is 11.6. The highest BCUT2D eigenvalue weighted by Gasteiger charge is 2.23. The number of ether oxygens (including phenoxy) is 1. The molecule has 1 aromatic heterocycles.